The Kier molecular flexibility index (Phi) is 5.92. The van der Waals surface area contributed by atoms with E-state index < -0.39 is 15.9 Å². The van der Waals surface area contributed by atoms with Gasteiger partial charge in [-0.1, -0.05) is 0 Å². The summed E-state index contributed by atoms with van der Waals surface area (Å²) in [7, 11) is -3.15. The molecule has 4 rings (SSSR count). The minimum Gasteiger partial charge on any atom is -0.369 e. The Morgan fingerprint density at radius 3 is 2.32 bits per heavy atom. The maximum absolute atomic E-state index is 11.7. The minimum absolute atomic E-state index is 0.0287. The fraction of sp³-hybridized carbons (Fsp3) is 0.474. The number of benzene rings is 1. The highest BCUT2D eigenvalue weighted by molar-refractivity contribution is 7.88. The number of anilines is 4. The highest BCUT2D eigenvalue weighted by atomic mass is 32.2. The quantitative estimate of drug-likeness (QED) is 0.561. The van der Waals surface area contributed by atoms with E-state index in [9.17, 15) is 13.2 Å². The van der Waals surface area contributed by atoms with Crippen molar-refractivity contribution in [3.63, 3.8) is 0 Å². The van der Waals surface area contributed by atoms with E-state index in [1.165, 1.54) is 10.6 Å². The van der Waals surface area contributed by atoms with Crippen LogP contribution in [0.15, 0.2) is 24.3 Å². The van der Waals surface area contributed by atoms with Crippen LogP contribution in [0.1, 0.15) is 29.8 Å². The molecule has 4 N–H and O–H groups in total. The Labute approximate surface area is 181 Å². The van der Waals surface area contributed by atoms with Crippen LogP contribution in [-0.2, 0) is 10.0 Å². The fourth-order valence-electron chi connectivity index (χ4n) is 3.55. The van der Waals surface area contributed by atoms with Gasteiger partial charge in [-0.3, -0.25) is 4.79 Å². The first kappa shape index (κ1) is 21.2. The number of nitrogens with one attached hydrogen (secondary N) is 2. The predicted octanol–water partition coefficient (Wildman–Crippen LogP) is 0.760. The molecule has 0 bridgehead atoms. The van der Waals surface area contributed by atoms with Crippen molar-refractivity contribution in [2.24, 2.45) is 5.73 Å². The lowest BCUT2D eigenvalue weighted by Crippen LogP contribution is -2.48. The molecule has 12 heteroatoms. The Morgan fingerprint density at radius 1 is 1.10 bits per heavy atom. The van der Waals surface area contributed by atoms with Crippen molar-refractivity contribution < 1.29 is 13.2 Å². The van der Waals surface area contributed by atoms with Crippen LogP contribution in [0.5, 0.6) is 0 Å². The number of nitrogens with zero attached hydrogens (tertiary/aromatic N) is 5. The molecule has 2 aromatic rings. The SMILES string of the molecule is CS(=O)(=O)N1CCN(c2ccc(Nc3nnc(C(N)=O)c(NC4CCC4)n3)cc2)CC1. The van der Waals surface area contributed by atoms with E-state index in [4.69, 9.17) is 5.73 Å². The summed E-state index contributed by atoms with van der Waals surface area (Å²) in [6.07, 6.45) is 4.42. The number of amides is 1. The molecular weight excluding hydrogens is 420 g/mol. The second-order valence-corrected chi connectivity index (χ2v) is 9.77. The molecule has 1 aliphatic carbocycles. The number of carbonyl (C=O) groups excluding carboxylic acids is 1. The zero-order valence-electron chi connectivity index (χ0n) is 17.3. The van der Waals surface area contributed by atoms with E-state index in [0.717, 1.165) is 30.6 Å². The van der Waals surface area contributed by atoms with Gasteiger partial charge in [-0.25, -0.2) is 8.42 Å². The van der Waals surface area contributed by atoms with Gasteiger partial charge in [0.2, 0.25) is 16.0 Å². The number of hydrogen-bond acceptors (Lipinski definition) is 9. The lowest BCUT2D eigenvalue weighted by atomic mass is 9.93. The molecule has 11 nitrogen and oxygen atoms in total. The summed E-state index contributed by atoms with van der Waals surface area (Å²) in [6, 6.07) is 7.96. The first-order valence-electron chi connectivity index (χ1n) is 10.2. The van der Waals surface area contributed by atoms with E-state index in [-0.39, 0.29) is 17.7 Å². The number of rotatable bonds is 7. The molecule has 1 saturated heterocycles. The number of primary amides is 1. The summed E-state index contributed by atoms with van der Waals surface area (Å²) < 4.78 is 24.8. The van der Waals surface area contributed by atoms with Gasteiger partial charge in [-0.15, -0.1) is 10.2 Å². The Bertz CT molecular complexity index is 1050. The first-order chi connectivity index (χ1) is 14.8. The van der Waals surface area contributed by atoms with Crippen LogP contribution < -0.4 is 21.3 Å². The van der Waals surface area contributed by atoms with Crippen molar-refractivity contribution in [2.45, 2.75) is 25.3 Å². The van der Waals surface area contributed by atoms with Crippen molar-refractivity contribution in [3.8, 4) is 0 Å². The zero-order valence-corrected chi connectivity index (χ0v) is 18.1. The van der Waals surface area contributed by atoms with Gasteiger partial charge >= 0.3 is 0 Å². The highest BCUT2D eigenvalue weighted by Gasteiger charge is 2.24. The molecule has 1 saturated carbocycles. The van der Waals surface area contributed by atoms with Crippen molar-refractivity contribution in [1.29, 1.82) is 0 Å². The predicted molar refractivity (Wildman–Crippen MR) is 118 cm³/mol. The molecule has 31 heavy (non-hydrogen) atoms. The third kappa shape index (κ3) is 5.02. The molecule has 1 aromatic carbocycles. The second-order valence-electron chi connectivity index (χ2n) is 7.79. The van der Waals surface area contributed by atoms with E-state index in [2.05, 4.69) is 30.7 Å². The average molecular weight is 447 g/mol. The van der Waals surface area contributed by atoms with Crippen LogP contribution in [0.4, 0.5) is 23.1 Å². The van der Waals surface area contributed by atoms with E-state index in [1.807, 2.05) is 24.3 Å². The number of nitrogens with two attached hydrogens (primary N) is 1. The third-order valence-electron chi connectivity index (χ3n) is 5.56. The lowest BCUT2D eigenvalue weighted by Gasteiger charge is -2.34. The number of carbonyl (C=O) groups is 1. The normalized spacial score (nSPS) is 17.8. The Balaban J connectivity index is 1.42. The van der Waals surface area contributed by atoms with Gasteiger partial charge in [0.25, 0.3) is 5.91 Å². The van der Waals surface area contributed by atoms with Crippen LogP contribution in [0.25, 0.3) is 0 Å². The van der Waals surface area contributed by atoms with Gasteiger partial charge in [0, 0.05) is 43.6 Å². The highest BCUT2D eigenvalue weighted by Crippen LogP contribution is 2.25. The molecule has 2 heterocycles. The summed E-state index contributed by atoms with van der Waals surface area (Å²) in [4.78, 5) is 18.2. The summed E-state index contributed by atoms with van der Waals surface area (Å²) in [5, 5.41) is 14.2. The van der Waals surface area contributed by atoms with Gasteiger partial charge in [0.15, 0.2) is 11.5 Å². The van der Waals surface area contributed by atoms with Crippen molar-refractivity contribution in [2.75, 3.05) is 48.0 Å². The standard InChI is InChI=1S/C19H26N8O3S/c1-31(29,30)27-11-9-26(10-12-27)15-7-5-14(6-8-15)22-19-23-18(21-13-3-2-4-13)16(17(20)28)24-25-19/h5-8,13H,2-4,9-12H2,1H3,(H2,20,28)(H2,21,22,23,25). The van der Waals surface area contributed by atoms with Gasteiger partial charge in [-0.05, 0) is 43.5 Å². The van der Waals surface area contributed by atoms with Crippen LogP contribution >= 0.6 is 0 Å². The molecule has 1 aliphatic heterocycles. The number of sulfonamides is 1. The number of piperazine rings is 1. The van der Waals surface area contributed by atoms with E-state index in [0.29, 0.717) is 32.0 Å². The third-order valence-corrected chi connectivity index (χ3v) is 6.87. The molecular formula is C19H26N8O3S. The fourth-order valence-corrected chi connectivity index (χ4v) is 4.38. The maximum atomic E-state index is 11.7. The van der Waals surface area contributed by atoms with E-state index in [1.54, 1.807) is 0 Å². The van der Waals surface area contributed by atoms with Crippen molar-refractivity contribution >= 4 is 39.1 Å². The number of aromatic nitrogens is 3. The maximum Gasteiger partial charge on any atom is 0.273 e. The lowest BCUT2D eigenvalue weighted by molar-refractivity contribution is 0.0995. The van der Waals surface area contributed by atoms with Crippen LogP contribution in [0.3, 0.4) is 0 Å². The summed E-state index contributed by atoms with van der Waals surface area (Å²) in [6.45, 7) is 2.22. The van der Waals surface area contributed by atoms with Crippen molar-refractivity contribution in [1.82, 2.24) is 19.5 Å². The van der Waals surface area contributed by atoms with Crippen LogP contribution in [-0.4, -0.2) is 72.3 Å². The molecule has 166 valence electrons. The summed E-state index contributed by atoms with van der Waals surface area (Å²) >= 11 is 0. The molecule has 0 unspecified atom stereocenters. The van der Waals surface area contributed by atoms with E-state index >= 15 is 0 Å². The second kappa shape index (κ2) is 8.63. The first-order valence-corrected chi connectivity index (χ1v) is 12.0. The molecule has 0 spiro atoms. The largest absolute Gasteiger partial charge is 0.369 e. The van der Waals surface area contributed by atoms with Gasteiger partial charge in [0.1, 0.15) is 0 Å². The van der Waals surface area contributed by atoms with Crippen LogP contribution in [0.2, 0.25) is 0 Å². The minimum atomic E-state index is -3.15. The zero-order chi connectivity index (χ0) is 22.0. The number of hydrogen-bond donors (Lipinski definition) is 3. The average Bonchev–Trinajstić information content (AvgIpc) is 2.71. The Hall–Kier alpha value is -2.99. The summed E-state index contributed by atoms with van der Waals surface area (Å²) in [5.74, 6) is -0.0647. The molecule has 0 radical (unpaired) electrons. The van der Waals surface area contributed by atoms with Crippen molar-refractivity contribution in [3.05, 3.63) is 30.0 Å². The van der Waals surface area contributed by atoms with Gasteiger partial charge in [-0.2, -0.15) is 9.29 Å². The monoisotopic (exact) mass is 446 g/mol. The molecule has 2 fully saturated rings. The molecule has 1 aromatic heterocycles. The summed E-state index contributed by atoms with van der Waals surface area (Å²) in [5.41, 5.74) is 7.19. The smallest absolute Gasteiger partial charge is 0.273 e. The van der Waals surface area contributed by atoms with Gasteiger partial charge < -0.3 is 21.3 Å². The Morgan fingerprint density at radius 2 is 1.77 bits per heavy atom. The van der Waals surface area contributed by atoms with Crippen LogP contribution in [0, 0.1) is 0 Å². The molecule has 2 aliphatic rings. The van der Waals surface area contributed by atoms with Gasteiger partial charge in [0.05, 0.1) is 6.26 Å². The topological polar surface area (TPSA) is 146 Å². The molecule has 0 atom stereocenters. The molecule has 1 amide bonds.